The van der Waals surface area contributed by atoms with Crippen LogP contribution in [-0.4, -0.2) is 20.7 Å². The largest absolute Gasteiger partial charge is 0.436 e. The molecule has 0 saturated carbocycles. The second-order valence-corrected chi connectivity index (χ2v) is 6.31. The Balaban J connectivity index is 2.02. The molecule has 0 radical (unpaired) electrons. The van der Waals surface area contributed by atoms with Crippen molar-refractivity contribution in [1.29, 1.82) is 0 Å². The number of aryl methyl sites for hydroxylation is 1. The van der Waals surface area contributed by atoms with Crippen LogP contribution < -0.4 is 5.32 Å². The van der Waals surface area contributed by atoms with Crippen molar-refractivity contribution in [3.63, 3.8) is 0 Å². The lowest BCUT2D eigenvalue weighted by molar-refractivity contribution is -0.141. The fourth-order valence-electron chi connectivity index (χ4n) is 2.35. The molecule has 3 aromatic rings. The first-order chi connectivity index (χ1) is 11.7. The molecule has 130 valence electrons. The summed E-state index contributed by atoms with van der Waals surface area (Å²) in [5.74, 6) is -0.815. The molecule has 0 atom stereocenters. The van der Waals surface area contributed by atoms with E-state index in [4.69, 9.17) is 11.6 Å². The van der Waals surface area contributed by atoms with E-state index in [0.29, 0.717) is 11.2 Å². The lowest BCUT2D eigenvalue weighted by Gasteiger charge is -2.09. The Kier molecular flexibility index (Phi) is 4.46. The topological polar surface area (TPSA) is 59.8 Å². The van der Waals surface area contributed by atoms with E-state index in [2.05, 4.69) is 31.3 Å². The van der Waals surface area contributed by atoms with Gasteiger partial charge in [0.25, 0.3) is 5.91 Å². The highest BCUT2D eigenvalue weighted by molar-refractivity contribution is 9.10. The van der Waals surface area contributed by atoms with E-state index in [1.54, 1.807) is 30.5 Å². The van der Waals surface area contributed by atoms with Gasteiger partial charge in [-0.2, -0.15) is 18.3 Å². The Bertz CT molecular complexity index is 987. The average molecular weight is 434 g/mol. The maximum absolute atomic E-state index is 12.9. The van der Waals surface area contributed by atoms with Gasteiger partial charge in [0, 0.05) is 23.1 Å². The first-order valence-electron chi connectivity index (χ1n) is 6.84. The lowest BCUT2D eigenvalue weighted by Crippen LogP contribution is -2.17. The molecule has 2 aromatic heterocycles. The molecule has 1 N–H and O–H groups in total. The predicted molar refractivity (Wildman–Crippen MR) is 90.6 cm³/mol. The number of carbonyl (C=O) groups excluding carboxylic acids is 1. The minimum atomic E-state index is -4.75. The Labute approximate surface area is 152 Å². The number of aromatic nitrogens is 3. The molecule has 1 aromatic carbocycles. The van der Waals surface area contributed by atoms with Crippen molar-refractivity contribution in [2.45, 2.75) is 6.18 Å². The lowest BCUT2D eigenvalue weighted by atomic mass is 10.2. The summed E-state index contributed by atoms with van der Waals surface area (Å²) in [6, 6.07) is 6.81. The molecule has 5 nitrogen and oxygen atoms in total. The molecule has 25 heavy (non-hydrogen) atoms. The van der Waals surface area contributed by atoms with E-state index in [-0.39, 0.29) is 5.69 Å². The van der Waals surface area contributed by atoms with Crippen LogP contribution in [0.2, 0.25) is 5.02 Å². The van der Waals surface area contributed by atoms with Crippen molar-refractivity contribution >= 4 is 50.0 Å². The first kappa shape index (κ1) is 17.7. The van der Waals surface area contributed by atoms with Gasteiger partial charge in [-0.15, -0.1) is 0 Å². The van der Waals surface area contributed by atoms with Crippen molar-refractivity contribution in [2.24, 2.45) is 7.05 Å². The van der Waals surface area contributed by atoms with Crippen LogP contribution in [0.25, 0.3) is 10.9 Å². The molecule has 0 saturated heterocycles. The zero-order chi connectivity index (χ0) is 18.4. The number of carbonyl (C=O) groups is 1. The average Bonchev–Trinajstić information content (AvgIpc) is 2.85. The molecular weight excluding hydrogens is 425 g/mol. The molecule has 1 amide bonds. The number of amides is 1. The van der Waals surface area contributed by atoms with Gasteiger partial charge in [0.1, 0.15) is 10.7 Å². The standard InChI is InChI=1S/C15H9BrClF3N4O/c1-24-12(10(17)13(23-24)15(18,19)20)14(25)22-9-5-4-8(16)7-3-2-6-21-11(7)9/h2-6H,1H3,(H,22,25). The molecule has 0 bridgehead atoms. The third kappa shape index (κ3) is 3.21. The van der Waals surface area contributed by atoms with Gasteiger partial charge in [-0.3, -0.25) is 14.5 Å². The van der Waals surface area contributed by atoms with Gasteiger partial charge < -0.3 is 5.32 Å². The van der Waals surface area contributed by atoms with Crippen LogP contribution in [0.4, 0.5) is 18.9 Å². The molecule has 3 rings (SSSR count). The summed E-state index contributed by atoms with van der Waals surface area (Å²) in [5, 5.41) is 5.83. The number of halogens is 5. The Morgan fingerprint density at radius 1 is 1.32 bits per heavy atom. The summed E-state index contributed by atoms with van der Waals surface area (Å²) in [5.41, 5.74) is -0.865. The number of hydrogen-bond acceptors (Lipinski definition) is 3. The van der Waals surface area contributed by atoms with Crippen LogP contribution in [0.5, 0.6) is 0 Å². The van der Waals surface area contributed by atoms with Gasteiger partial charge in [-0.1, -0.05) is 33.6 Å². The SMILES string of the molecule is Cn1nc(C(F)(F)F)c(Cl)c1C(=O)Nc1ccc(Br)c2cccnc12. The maximum Gasteiger partial charge on any atom is 0.436 e. The van der Waals surface area contributed by atoms with Crippen molar-refractivity contribution in [2.75, 3.05) is 5.32 Å². The minimum absolute atomic E-state index is 0.342. The van der Waals surface area contributed by atoms with Crippen molar-refractivity contribution in [3.8, 4) is 0 Å². The third-order valence-electron chi connectivity index (χ3n) is 3.44. The van der Waals surface area contributed by atoms with Crippen molar-refractivity contribution in [1.82, 2.24) is 14.8 Å². The van der Waals surface area contributed by atoms with E-state index >= 15 is 0 Å². The Morgan fingerprint density at radius 3 is 2.68 bits per heavy atom. The summed E-state index contributed by atoms with van der Waals surface area (Å²) >= 11 is 9.11. The molecule has 0 unspecified atom stereocenters. The summed E-state index contributed by atoms with van der Waals surface area (Å²) in [4.78, 5) is 16.7. The van der Waals surface area contributed by atoms with Crippen molar-refractivity contribution in [3.05, 3.63) is 51.3 Å². The second kappa shape index (κ2) is 6.30. The van der Waals surface area contributed by atoms with Crippen LogP contribution in [0.3, 0.4) is 0 Å². The fraction of sp³-hybridized carbons (Fsp3) is 0.133. The van der Waals surface area contributed by atoms with Gasteiger partial charge in [0.15, 0.2) is 5.69 Å². The monoisotopic (exact) mass is 432 g/mol. The van der Waals surface area contributed by atoms with Crippen LogP contribution in [0.1, 0.15) is 16.2 Å². The predicted octanol–water partition coefficient (Wildman–Crippen LogP) is 4.66. The summed E-state index contributed by atoms with van der Waals surface area (Å²) in [6.45, 7) is 0. The summed E-state index contributed by atoms with van der Waals surface area (Å²) < 4.78 is 40.2. The van der Waals surface area contributed by atoms with Crippen LogP contribution >= 0.6 is 27.5 Å². The quantitative estimate of drug-likeness (QED) is 0.640. The van der Waals surface area contributed by atoms with Gasteiger partial charge in [0.05, 0.1) is 11.2 Å². The zero-order valence-electron chi connectivity index (χ0n) is 12.5. The molecule has 0 fully saturated rings. The van der Waals surface area contributed by atoms with Gasteiger partial charge >= 0.3 is 6.18 Å². The highest BCUT2D eigenvalue weighted by Gasteiger charge is 2.39. The first-order valence-corrected chi connectivity index (χ1v) is 8.01. The Morgan fingerprint density at radius 2 is 2.04 bits per heavy atom. The normalized spacial score (nSPS) is 11.8. The number of hydrogen-bond donors (Lipinski definition) is 1. The van der Waals surface area contributed by atoms with E-state index < -0.39 is 22.8 Å². The van der Waals surface area contributed by atoms with Gasteiger partial charge in [0.2, 0.25) is 0 Å². The van der Waals surface area contributed by atoms with Crippen LogP contribution in [0, 0.1) is 0 Å². The van der Waals surface area contributed by atoms with Crippen LogP contribution in [0.15, 0.2) is 34.9 Å². The smallest absolute Gasteiger partial charge is 0.319 e. The number of anilines is 1. The molecule has 0 aliphatic rings. The summed E-state index contributed by atoms with van der Waals surface area (Å²) in [7, 11) is 1.22. The Hall–Kier alpha value is -2.13. The number of rotatable bonds is 2. The molecule has 0 aliphatic heterocycles. The number of alkyl halides is 3. The number of nitrogens with zero attached hydrogens (tertiary/aromatic N) is 3. The van der Waals surface area contributed by atoms with E-state index in [0.717, 1.165) is 14.5 Å². The molecule has 2 heterocycles. The van der Waals surface area contributed by atoms with Crippen LogP contribution in [-0.2, 0) is 13.2 Å². The maximum atomic E-state index is 12.9. The zero-order valence-corrected chi connectivity index (χ0v) is 14.9. The molecule has 10 heteroatoms. The highest BCUT2D eigenvalue weighted by Crippen LogP contribution is 2.36. The second-order valence-electron chi connectivity index (χ2n) is 5.08. The molecule has 0 spiro atoms. The highest BCUT2D eigenvalue weighted by atomic mass is 79.9. The minimum Gasteiger partial charge on any atom is -0.319 e. The number of fused-ring (bicyclic) bond motifs is 1. The number of benzene rings is 1. The molecular formula is C15H9BrClF3N4O. The number of pyridine rings is 1. The molecule has 0 aliphatic carbocycles. The van der Waals surface area contributed by atoms with E-state index in [9.17, 15) is 18.0 Å². The third-order valence-corrected chi connectivity index (χ3v) is 4.49. The van der Waals surface area contributed by atoms with Gasteiger partial charge in [-0.25, -0.2) is 0 Å². The van der Waals surface area contributed by atoms with E-state index in [1.807, 2.05) is 0 Å². The van der Waals surface area contributed by atoms with Gasteiger partial charge in [-0.05, 0) is 18.2 Å². The van der Waals surface area contributed by atoms with Crippen molar-refractivity contribution < 1.29 is 18.0 Å². The fourth-order valence-corrected chi connectivity index (χ4v) is 3.15. The number of nitrogens with one attached hydrogen (secondary N) is 1. The summed E-state index contributed by atoms with van der Waals surface area (Å²) in [6.07, 6.45) is -3.21. The van der Waals surface area contributed by atoms with E-state index in [1.165, 1.54) is 7.05 Å².